The van der Waals surface area contributed by atoms with Crippen molar-refractivity contribution in [1.82, 2.24) is 9.55 Å². The van der Waals surface area contributed by atoms with Crippen molar-refractivity contribution in [3.63, 3.8) is 0 Å². The first-order valence-electron chi connectivity index (χ1n) is 8.33. The van der Waals surface area contributed by atoms with Crippen LogP contribution in [0, 0.1) is 5.92 Å². The SMILES string of the molecule is CCOC(=O)[C@@H]1C(=O)Nc2nc3ccccc3n2[C@@H]1c1cccc(O)c1. The van der Waals surface area contributed by atoms with Gasteiger partial charge < -0.3 is 14.4 Å². The molecule has 2 aromatic carbocycles. The van der Waals surface area contributed by atoms with Gasteiger partial charge in [-0.1, -0.05) is 24.3 Å². The zero-order chi connectivity index (χ0) is 18.3. The minimum atomic E-state index is -1.08. The largest absolute Gasteiger partial charge is 0.508 e. The van der Waals surface area contributed by atoms with E-state index in [0.717, 1.165) is 5.52 Å². The van der Waals surface area contributed by atoms with Crippen LogP contribution in [-0.4, -0.2) is 33.1 Å². The minimum Gasteiger partial charge on any atom is -0.508 e. The van der Waals surface area contributed by atoms with E-state index in [2.05, 4.69) is 10.3 Å². The van der Waals surface area contributed by atoms with Gasteiger partial charge in [-0.2, -0.15) is 0 Å². The second kappa shape index (κ2) is 6.18. The number of hydrogen-bond donors (Lipinski definition) is 2. The number of ether oxygens (including phenoxy) is 1. The quantitative estimate of drug-likeness (QED) is 0.558. The van der Waals surface area contributed by atoms with E-state index >= 15 is 0 Å². The Hall–Kier alpha value is -3.35. The first kappa shape index (κ1) is 16.1. The third-order valence-electron chi connectivity index (χ3n) is 4.46. The molecule has 1 amide bonds. The van der Waals surface area contributed by atoms with E-state index in [9.17, 15) is 14.7 Å². The highest BCUT2D eigenvalue weighted by Gasteiger charge is 2.44. The fraction of sp³-hybridized carbons (Fsp3) is 0.211. The molecule has 0 saturated heterocycles. The van der Waals surface area contributed by atoms with Crippen LogP contribution in [-0.2, 0) is 14.3 Å². The standard InChI is InChI=1S/C19H17N3O4/c1-2-26-18(25)15-16(11-6-5-7-12(23)10-11)22-14-9-4-3-8-13(14)20-19(22)21-17(15)24/h3-10,15-16,23H,2H2,1H3,(H,20,21,24)/t15-,16+/m0/s1. The molecule has 0 saturated carbocycles. The van der Waals surface area contributed by atoms with E-state index in [-0.39, 0.29) is 12.4 Å². The number of para-hydroxylation sites is 2. The van der Waals surface area contributed by atoms with Crippen LogP contribution < -0.4 is 5.32 Å². The number of fused-ring (bicyclic) bond motifs is 3. The van der Waals surface area contributed by atoms with Crippen molar-refractivity contribution in [2.24, 2.45) is 5.92 Å². The monoisotopic (exact) mass is 351 g/mol. The molecule has 2 heterocycles. The number of amides is 1. The Balaban J connectivity index is 1.97. The summed E-state index contributed by atoms with van der Waals surface area (Å²) in [6.45, 7) is 1.87. The summed E-state index contributed by atoms with van der Waals surface area (Å²) in [5.41, 5.74) is 2.12. The number of phenols is 1. The molecule has 7 heteroatoms. The summed E-state index contributed by atoms with van der Waals surface area (Å²) >= 11 is 0. The van der Waals surface area contributed by atoms with E-state index in [1.807, 2.05) is 28.8 Å². The third kappa shape index (κ3) is 2.48. The number of hydrogen-bond acceptors (Lipinski definition) is 5. The van der Waals surface area contributed by atoms with Gasteiger partial charge in [0.15, 0.2) is 5.92 Å². The summed E-state index contributed by atoms with van der Waals surface area (Å²) in [7, 11) is 0. The number of phenolic OH excluding ortho intramolecular Hbond substituents is 1. The highest BCUT2D eigenvalue weighted by Crippen LogP contribution is 2.39. The molecule has 0 radical (unpaired) electrons. The summed E-state index contributed by atoms with van der Waals surface area (Å²) in [6.07, 6.45) is 0. The van der Waals surface area contributed by atoms with Crippen LogP contribution in [0.3, 0.4) is 0 Å². The number of aromatic hydroxyl groups is 1. The van der Waals surface area contributed by atoms with Crippen molar-refractivity contribution >= 4 is 28.9 Å². The van der Waals surface area contributed by atoms with Gasteiger partial charge in [-0.15, -0.1) is 0 Å². The van der Waals surface area contributed by atoms with Gasteiger partial charge in [0.25, 0.3) is 0 Å². The second-order valence-corrected chi connectivity index (χ2v) is 6.05. The number of esters is 1. The average molecular weight is 351 g/mol. The molecule has 1 aromatic heterocycles. The molecule has 26 heavy (non-hydrogen) atoms. The third-order valence-corrected chi connectivity index (χ3v) is 4.46. The van der Waals surface area contributed by atoms with Crippen molar-refractivity contribution in [3.05, 3.63) is 54.1 Å². The summed E-state index contributed by atoms with van der Waals surface area (Å²) in [5, 5.41) is 12.6. The zero-order valence-corrected chi connectivity index (χ0v) is 14.0. The highest BCUT2D eigenvalue weighted by atomic mass is 16.5. The Morgan fingerprint density at radius 1 is 1.27 bits per heavy atom. The van der Waals surface area contributed by atoms with Crippen LogP contribution in [0.2, 0.25) is 0 Å². The number of nitrogens with one attached hydrogen (secondary N) is 1. The number of imidazole rings is 1. The molecule has 4 rings (SSSR count). The maximum atomic E-state index is 12.7. The van der Waals surface area contributed by atoms with Crippen molar-refractivity contribution in [2.75, 3.05) is 11.9 Å². The molecule has 3 aromatic rings. The van der Waals surface area contributed by atoms with E-state index in [1.54, 1.807) is 31.2 Å². The average Bonchev–Trinajstić information content (AvgIpc) is 2.98. The van der Waals surface area contributed by atoms with Gasteiger partial charge in [0.1, 0.15) is 5.75 Å². The van der Waals surface area contributed by atoms with E-state index < -0.39 is 23.8 Å². The van der Waals surface area contributed by atoms with E-state index in [1.165, 1.54) is 0 Å². The fourth-order valence-electron chi connectivity index (χ4n) is 3.41. The van der Waals surface area contributed by atoms with Gasteiger partial charge >= 0.3 is 5.97 Å². The molecule has 1 aliphatic heterocycles. The predicted molar refractivity (Wildman–Crippen MR) is 94.7 cm³/mol. The summed E-state index contributed by atoms with van der Waals surface area (Å²) in [6, 6.07) is 13.3. The van der Waals surface area contributed by atoms with Crippen LogP contribution in [0.1, 0.15) is 18.5 Å². The Morgan fingerprint density at radius 2 is 2.08 bits per heavy atom. The lowest BCUT2D eigenvalue weighted by atomic mass is 9.90. The van der Waals surface area contributed by atoms with Gasteiger partial charge in [-0.05, 0) is 36.8 Å². The lowest BCUT2D eigenvalue weighted by Gasteiger charge is -2.32. The molecule has 1 aliphatic rings. The van der Waals surface area contributed by atoms with Crippen LogP contribution in [0.25, 0.3) is 11.0 Å². The highest BCUT2D eigenvalue weighted by molar-refractivity contribution is 6.07. The molecule has 0 spiro atoms. The number of aromatic nitrogens is 2. The summed E-state index contributed by atoms with van der Waals surface area (Å²) < 4.78 is 6.95. The maximum Gasteiger partial charge on any atom is 0.321 e. The van der Waals surface area contributed by atoms with Gasteiger partial charge in [0, 0.05) is 0 Å². The zero-order valence-electron chi connectivity index (χ0n) is 14.0. The minimum absolute atomic E-state index is 0.0575. The van der Waals surface area contributed by atoms with Crippen molar-refractivity contribution < 1.29 is 19.4 Å². The van der Waals surface area contributed by atoms with Gasteiger partial charge in [0.05, 0.1) is 23.7 Å². The maximum absolute atomic E-state index is 12.7. The number of carbonyl (C=O) groups is 2. The number of carbonyl (C=O) groups excluding carboxylic acids is 2. The van der Waals surface area contributed by atoms with Gasteiger partial charge in [-0.25, -0.2) is 4.98 Å². The normalized spacial score (nSPS) is 19.0. The van der Waals surface area contributed by atoms with E-state index in [4.69, 9.17) is 4.74 Å². The second-order valence-electron chi connectivity index (χ2n) is 6.05. The molecule has 0 bridgehead atoms. The molecule has 0 unspecified atom stereocenters. The predicted octanol–water partition coefficient (Wildman–Crippen LogP) is 2.46. The lowest BCUT2D eigenvalue weighted by molar-refractivity contribution is -0.152. The molecule has 132 valence electrons. The van der Waals surface area contributed by atoms with Crippen molar-refractivity contribution in [2.45, 2.75) is 13.0 Å². The van der Waals surface area contributed by atoms with Crippen molar-refractivity contribution in [1.29, 1.82) is 0 Å². The molecule has 2 N–H and O–H groups in total. The van der Waals surface area contributed by atoms with Crippen LogP contribution >= 0.6 is 0 Å². The smallest absolute Gasteiger partial charge is 0.321 e. The fourth-order valence-corrected chi connectivity index (χ4v) is 3.41. The number of benzene rings is 2. The lowest BCUT2D eigenvalue weighted by Crippen LogP contribution is -2.43. The summed E-state index contributed by atoms with van der Waals surface area (Å²) in [5.74, 6) is -1.74. The first-order chi connectivity index (χ1) is 12.6. The number of rotatable bonds is 3. The Morgan fingerprint density at radius 3 is 2.85 bits per heavy atom. The topological polar surface area (TPSA) is 93.5 Å². The number of anilines is 1. The Kier molecular flexibility index (Phi) is 3.84. The van der Waals surface area contributed by atoms with Crippen LogP contribution in [0.4, 0.5) is 5.95 Å². The molecular weight excluding hydrogens is 334 g/mol. The van der Waals surface area contributed by atoms with Gasteiger partial charge in [0.2, 0.25) is 11.9 Å². The van der Waals surface area contributed by atoms with Crippen LogP contribution in [0.15, 0.2) is 48.5 Å². The molecule has 7 nitrogen and oxygen atoms in total. The molecule has 2 atom stereocenters. The molecule has 0 fully saturated rings. The molecular formula is C19H17N3O4. The summed E-state index contributed by atoms with van der Waals surface area (Å²) in [4.78, 5) is 29.7. The molecule has 0 aliphatic carbocycles. The van der Waals surface area contributed by atoms with Crippen molar-refractivity contribution in [3.8, 4) is 5.75 Å². The number of nitrogens with zero attached hydrogens (tertiary/aromatic N) is 2. The van der Waals surface area contributed by atoms with Crippen LogP contribution in [0.5, 0.6) is 5.75 Å². The Labute approximate surface area is 149 Å². The van der Waals surface area contributed by atoms with E-state index in [0.29, 0.717) is 17.0 Å². The Bertz CT molecular complexity index is 1010. The first-order valence-corrected chi connectivity index (χ1v) is 8.33. The van der Waals surface area contributed by atoms with Gasteiger partial charge in [-0.3, -0.25) is 14.9 Å².